The Morgan fingerprint density at radius 1 is 0.862 bits per heavy atom. The highest BCUT2D eigenvalue weighted by molar-refractivity contribution is 5.92. The summed E-state index contributed by atoms with van der Waals surface area (Å²) in [4.78, 5) is 12.7. The van der Waals surface area contributed by atoms with Gasteiger partial charge < -0.3 is 5.32 Å². The lowest BCUT2D eigenvalue weighted by Crippen LogP contribution is -2.28. The summed E-state index contributed by atoms with van der Waals surface area (Å²) in [6.07, 6.45) is 3.47. The van der Waals surface area contributed by atoms with Crippen LogP contribution in [-0.2, 0) is 10.2 Å². The molecule has 0 spiro atoms. The summed E-state index contributed by atoms with van der Waals surface area (Å²) in [6.45, 7) is 8.66. The van der Waals surface area contributed by atoms with E-state index >= 15 is 0 Å². The highest BCUT2D eigenvalue weighted by atomic mass is 16.1. The Labute approximate surface area is 174 Å². The predicted molar refractivity (Wildman–Crippen MR) is 122 cm³/mol. The number of hydrogen-bond acceptors (Lipinski definition) is 1. The van der Waals surface area contributed by atoms with E-state index in [2.05, 4.69) is 69.4 Å². The minimum Gasteiger partial charge on any atom is -0.342 e. The largest absolute Gasteiger partial charge is 0.342 e. The smallest absolute Gasteiger partial charge is 0.244 e. The van der Waals surface area contributed by atoms with Crippen LogP contribution in [0.4, 0.5) is 0 Å². The molecule has 0 aliphatic rings. The molecule has 0 aromatic heterocycles. The van der Waals surface area contributed by atoms with Gasteiger partial charge in [0.15, 0.2) is 0 Å². The van der Waals surface area contributed by atoms with Gasteiger partial charge in [-0.05, 0) is 46.2 Å². The molecule has 0 saturated carbocycles. The molecule has 1 amide bonds. The Bertz CT molecular complexity index is 979. The maximum atomic E-state index is 12.7. The van der Waals surface area contributed by atoms with Crippen LogP contribution in [0.15, 0.2) is 84.9 Å². The molecule has 1 atom stereocenters. The minimum atomic E-state index is -0.183. The first-order valence-corrected chi connectivity index (χ1v) is 10.0. The summed E-state index contributed by atoms with van der Waals surface area (Å²) in [6, 6.07) is 26.4. The number of carbonyl (C=O) groups excluding carboxylic acids is 1. The molecule has 0 heterocycles. The van der Waals surface area contributed by atoms with Gasteiger partial charge in [-0.15, -0.1) is 0 Å². The van der Waals surface area contributed by atoms with Crippen LogP contribution in [0.3, 0.4) is 0 Å². The molecule has 3 aromatic carbocycles. The molecule has 0 bridgehead atoms. The van der Waals surface area contributed by atoms with Gasteiger partial charge in [-0.3, -0.25) is 4.79 Å². The fourth-order valence-electron chi connectivity index (χ4n) is 3.35. The van der Waals surface area contributed by atoms with E-state index < -0.39 is 0 Å². The van der Waals surface area contributed by atoms with Crippen LogP contribution in [-0.4, -0.2) is 5.91 Å². The van der Waals surface area contributed by atoms with Crippen LogP contribution in [0.25, 0.3) is 6.08 Å². The standard InChI is InChI=1S/C27H29NO/c1-20-10-8-9-13-24(20)26(22-11-6-5-7-12-22)28-25(29)19-16-21-14-17-23(18-15-21)27(2,3)4/h5-19,26H,1-4H3,(H,28,29)/b19-16+/t26-/m0/s1. The zero-order valence-corrected chi connectivity index (χ0v) is 17.6. The van der Waals surface area contributed by atoms with Gasteiger partial charge in [0.05, 0.1) is 6.04 Å². The third-order valence-corrected chi connectivity index (χ3v) is 5.12. The third-order valence-electron chi connectivity index (χ3n) is 5.12. The summed E-state index contributed by atoms with van der Waals surface area (Å²) in [5.41, 5.74) is 5.75. The van der Waals surface area contributed by atoms with E-state index in [0.29, 0.717) is 0 Å². The maximum absolute atomic E-state index is 12.7. The average molecular weight is 384 g/mol. The molecule has 0 aliphatic heterocycles. The number of benzene rings is 3. The molecule has 29 heavy (non-hydrogen) atoms. The second kappa shape index (κ2) is 8.91. The van der Waals surface area contributed by atoms with Gasteiger partial charge in [0.2, 0.25) is 5.91 Å². The molecule has 148 valence electrons. The SMILES string of the molecule is Cc1ccccc1[C@@H](NC(=O)/C=C/c1ccc(C(C)(C)C)cc1)c1ccccc1. The normalized spacial score (nSPS) is 12.7. The maximum Gasteiger partial charge on any atom is 0.244 e. The fourth-order valence-corrected chi connectivity index (χ4v) is 3.35. The third kappa shape index (κ3) is 5.45. The molecule has 0 aliphatic carbocycles. The monoisotopic (exact) mass is 383 g/mol. The topological polar surface area (TPSA) is 29.1 Å². The lowest BCUT2D eigenvalue weighted by Gasteiger charge is -2.21. The minimum absolute atomic E-state index is 0.109. The first kappa shape index (κ1) is 20.6. The molecule has 3 aromatic rings. The van der Waals surface area contributed by atoms with E-state index in [1.165, 1.54) is 5.56 Å². The molecule has 2 nitrogen and oxygen atoms in total. The van der Waals surface area contributed by atoms with Crippen LogP contribution in [0.2, 0.25) is 0 Å². The number of rotatable bonds is 5. The Hall–Kier alpha value is -3.13. The van der Waals surface area contributed by atoms with Gasteiger partial charge in [-0.1, -0.05) is 99.6 Å². The van der Waals surface area contributed by atoms with E-state index in [9.17, 15) is 4.79 Å². The van der Waals surface area contributed by atoms with Crippen LogP contribution in [0.1, 0.15) is 54.6 Å². The van der Waals surface area contributed by atoms with Crippen molar-refractivity contribution in [3.63, 3.8) is 0 Å². The predicted octanol–water partition coefficient (Wildman–Crippen LogP) is 6.21. The molecule has 0 fully saturated rings. The quantitative estimate of drug-likeness (QED) is 0.521. The molecular formula is C27H29NO. The Kier molecular flexibility index (Phi) is 6.33. The van der Waals surface area contributed by atoms with Crippen molar-refractivity contribution >= 4 is 12.0 Å². The molecule has 0 unspecified atom stereocenters. The number of amides is 1. The van der Waals surface area contributed by atoms with Crippen molar-refractivity contribution in [1.82, 2.24) is 5.32 Å². The van der Waals surface area contributed by atoms with Crippen LogP contribution < -0.4 is 5.32 Å². The van der Waals surface area contributed by atoms with E-state index in [4.69, 9.17) is 0 Å². The zero-order chi connectivity index (χ0) is 20.9. The van der Waals surface area contributed by atoms with Crippen molar-refractivity contribution in [2.75, 3.05) is 0 Å². The Morgan fingerprint density at radius 2 is 1.48 bits per heavy atom. The van der Waals surface area contributed by atoms with Crippen molar-refractivity contribution in [3.05, 3.63) is 113 Å². The second-order valence-electron chi connectivity index (χ2n) is 8.41. The molecule has 3 rings (SSSR count). The summed E-state index contributed by atoms with van der Waals surface area (Å²) >= 11 is 0. The number of nitrogens with one attached hydrogen (secondary N) is 1. The van der Waals surface area contributed by atoms with Crippen molar-refractivity contribution in [3.8, 4) is 0 Å². The Balaban J connectivity index is 1.78. The van der Waals surface area contributed by atoms with Crippen LogP contribution in [0.5, 0.6) is 0 Å². The lowest BCUT2D eigenvalue weighted by molar-refractivity contribution is -0.116. The summed E-state index contributed by atoms with van der Waals surface area (Å²) in [5.74, 6) is -0.109. The number of aryl methyl sites for hydroxylation is 1. The molecule has 2 heteroatoms. The highest BCUT2D eigenvalue weighted by Crippen LogP contribution is 2.25. The van der Waals surface area contributed by atoms with E-state index in [1.807, 2.05) is 48.5 Å². The Morgan fingerprint density at radius 3 is 2.10 bits per heavy atom. The van der Waals surface area contributed by atoms with E-state index in [0.717, 1.165) is 22.3 Å². The molecule has 0 radical (unpaired) electrons. The van der Waals surface area contributed by atoms with Gasteiger partial charge in [-0.25, -0.2) is 0 Å². The first-order chi connectivity index (χ1) is 13.8. The lowest BCUT2D eigenvalue weighted by atomic mass is 9.87. The second-order valence-corrected chi connectivity index (χ2v) is 8.41. The van der Waals surface area contributed by atoms with Crippen molar-refractivity contribution < 1.29 is 4.79 Å². The first-order valence-electron chi connectivity index (χ1n) is 10.0. The van der Waals surface area contributed by atoms with Crippen LogP contribution in [0, 0.1) is 6.92 Å². The van der Waals surface area contributed by atoms with Gasteiger partial charge in [0, 0.05) is 6.08 Å². The molecular weight excluding hydrogens is 354 g/mol. The van der Waals surface area contributed by atoms with Gasteiger partial charge in [-0.2, -0.15) is 0 Å². The average Bonchev–Trinajstić information content (AvgIpc) is 2.71. The van der Waals surface area contributed by atoms with E-state index in [1.54, 1.807) is 6.08 Å². The van der Waals surface area contributed by atoms with E-state index in [-0.39, 0.29) is 17.4 Å². The van der Waals surface area contributed by atoms with Crippen molar-refractivity contribution in [2.24, 2.45) is 0 Å². The van der Waals surface area contributed by atoms with Crippen molar-refractivity contribution in [1.29, 1.82) is 0 Å². The summed E-state index contributed by atoms with van der Waals surface area (Å²) < 4.78 is 0. The van der Waals surface area contributed by atoms with Crippen molar-refractivity contribution in [2.45, 2.75) is 39.2 Å². The zero-order valence-electron chi connectivity index (χ0n) is 17.6. The number of hydrogen-bond donors (Lipinski definition) is 1. The molecule has 1 N–H and O–H groups in total. The molecule has 0 saturated heterocycles. The van der Waals surface area contributed by atoms with Gasteiger partial charge in [0.1, 0.15) is 0 Å². The summed E-state index contributed by atoms with van der Waals surface area (Å²) in [7, 11) is 0. The fraction of sp³-hybridized carbons (Fsp3) is 0.222. The summed E-state index contributed by atoms with van der Waals surface area (Å²) in [5, 5.41) is 3.17. The highest BCUT2D eigenvalue weighted by Gasteiger charge is 2.17. The van der Waals surface area contributed by atoms with Gasteiger partial charge in [0.25, 0.3) is 0 Å². The number of carbonyl (C=O) groups is 1. The van der Waals surface area contributed by atoms with Crippen LogP contribution >= 0.6 is 0 Å². The van der Waals surface area contributed by atoms with Gasteiger partial charge >= 0.3 is 0 Å².